The molecule has 0 fully saturated rings. The fourth-order valence-electron chi connectivity index (χ4n) is 2.55. The van der Waals surface area contributed by atoms with Crippen LogP contribution in [0, 0.1) is 15.9 Å². The monoisotopic (exact) mass is 366 g/mol. The Balaban J connectivity index is 1.88. The number of benzene rings is 2. The summed E-state index contributed by atoms with van der Waals surface area (Å²) in [6, 6.07) is 7.81. The molecular formula is C16H12ClFN2O3S. The Bertz CT molecular complexity index is 831. The van der Waals surface area contributed by atoms with Gasteiger partial charge in [-0.3, -0.25) is 14.9 Å². The second-order valence-electron chi connectivity index (χ2n) is 5.27. The molecule has 0 aliphatic carbocycles. The average Bonchev–Trinajstić information content (AvgIpc) is 2.55. The number of non-ortho nitro benzene ring substituents is 1. The number of amides is 1. The van der Waals surface area contributed by atoms with Crippen molar-refractivity contribution in [1.82, 2.24) is 5.32 Å². The van der Waals surface area contributed by atoms with Crippen molar-refractivity contribution in [2.24, 2.45) is 0 Å². The van der Waals surface area contributed by atoms with Crippen LogP contribution < -0.4 is 5.32 Å². The van der Waals surface area contributed by atoms with E-state index in [-0.39, 0.29) is 28.1 Å². The van der Waals surface area contributed by atoms with E-state index in [9.17, 15) is 19.3 Å². The fourth-order valence-corrected chi connectivity index (χ4v) is 3.86. The van der Waals surface area contributed by atoms with Crippen LogP contribution in [0.3, 0.4) is 0 Å². The lowest BCUT2D eigenvalue weighted by Crippen LogP contribution is -2.31. The summed E-state index contributed by atoms with van der Waals surface area (Å²) in [5.74, 6) is -0.105. The molecular weight excluding hydrogens is 355 g/mol. The summed E-state index contributed by atoms with van der Waals surface area (Å²) in [5, 5.41) is 13.8. The number of hydrogen-bond donors (Lipinski definition) is 1. The highest BCUT2D eigenvalue weighted by Gasteiger charge is 2.25. The lowest BCUT2D eigenvalue weighted by molar-refractivity contribution is -0.384. The second kappa shape index (κ2) is 6.78. The minimum Gasteiger partial charge on any atom is -0.345 e. The summed E-state index contributed by atoms with van der Waals surface area (Å²) in [7, 11) is 0. The second-order valence-corrected chi connectivity index (χ2v) is 6.81. The number of nitrogens with zero attached hydrogens (tertiary/aromatic N) is 1. The first-order chi connectivity index (χ1) is 11.5. The van der Waals surface area contributed by atoms with Gasteiger partial charge in [-0.1, -0.05) is 11.6 Å². The van der Waals surface area contributed by atoms with Crippen LogP contribution in [0.2, 0.25) is 5.02 Å². The number of nitro groups is 1. The molecule has 3 rings (SSSR count). The van der Waals surface area contributed by atoms with Crippen molar-refractivity contribution >= 4 is 35.0 Å². The maximum Gasteiger partial charge on any atom is 0.270 e. The third kappa shape index (κ3) is 3.37. The number of nitro benzene ring substituents is 1. The molecule has 124 valence electrons. The molecule has 5 nitrogen and oxygen atoms in total. The first-order valence-electron chi connectivity index (χ1n) is 7.13. The van der Waals surface area contributed by atoms with Gasteiger partial charge in [-0.2, -0.15) is 0 Å². The highest BCUT2D eigenvalue weighted by molar-refractivity contribution is 7.99. The third-order valence-corrected chi connectivity index (χ3v) is 5.17. The largest absolute Gasteiger partial charge is 0.345 e. The number of nitrogens with one attached hydrogen (secondary N) is 1. The molecule has 0 saturated heterocycles. The number of halogens is 2. The molecule has 1 atom stereocenters. The molecule has 1 amide bonds. The molecule has 0 saturated carbocycles. The van der Waals surface area contributed by atoms with Crippen LogP contribution in [-0.4, -0.2) is 16.6 Å². The van der Waals surface area contributed by atoms with E-state index in [1.54, 1.807) is 17.8 Å². The Hall–Kier alpha value is -2.12. The molecule has 0 bridgehead atoms. The van der Waals surface area contributed by atoms with E-state index >= 15 is 0 Å². The normalized spacial score (nSPS) is 16.3. The number of thioether (sulfide) groups is 1. The summed E-state index contributed by atoms with van der Waals surface area (Å²) >= 11 is 7.59. The summed E-state index contributed by atoms with van der Waals surface area (Å²) in [5.41, 5.74) is 0.526. The number of carbonyl (C=O) groups is 1. The number of rotatable bonds is 3. The summed E-state index contributed by atoms with van der Waals surface area (Å²) in [6.45, 7) is 0. The van der Waals surface area contributed by atoms with Crippen molar-refractivity contribution in [3.05, 3.63) is 68.5 Å². The molecule has 1 unspecified atom stereocenters. The van der Waals surface area contributed by atoms with E-state index in [0.29, 0.717) is 12.0 Å². The molecule has 24 heavy (non-hydrogen) atoms. The van der Waals surface area contributed by atoms with Crippen LogP contribution >= 0.6 is 23.4 Å². The van der Waals surface area contributed by atoms with Gasteiger partial charge in [0.2, 0.25) is 0 Å². The molecule has 0 radical (unpaired) electrons. The molecule has 8 heteroatoms. The zero-order valence-corrected chi connectivity index (χ0v) is 13.9. The highest BCUT2D eigenvalue weighted by Crippen LogP contribution is 2.36. The Kier molecular flexibility index (Phi) is 4.73. The van der Waals surface area contributed by atoms with Crippen LogP contribution in [0.5, 0.6) is 0 Å². The Morgan fingerprint density at radius 2 is 2.12 bits per heavy atom. The van der Waals surface area contributed by atoms with Gasteiger partial charge in [0.05, 0.1) is 21.6 Å². The van der Waals surface area contributed by atoms with Gasteiger partial charge in [-0.05, 0) is 36.2 Å². The first-order valence-corrected chi connectivity index (χ1v) is 8.49. The molecule has 2 aromatic rings. The minimum atomic E-state index is -0.588. The third-order valence-electron chi connectivity index (χ3n) is 3.72. The molecule has 1 N–H and O–H groups in total. The number of hydrogen-bond acceptors (Lipinski definition) is 4. The predicted octanol–water partition coefficient (Wildman–Crippen LogP) is 4.35. The van der Waals surface area contributed by atoms with E-state index in [2.05, 4.69) is 5.32 Å². The van der Waals surface area contributed by atoms with E-state index in [1.807, 2.05) is 0 Å². The molecule has 0 aromatic heterocycles. The summed E-state index contributed by atoms with van der Waals surface area (Å²) in [6.07, 6.45) is 0.638. The first kappa shape index (κ1) is 16.7. The van der Waals surface area contributed by atoms with E-state index in [0.717, 1.165) is 16.7 Å². The maximum absolute atomic E-state index is 13.5. The fraction of sp³-hybridized carbons (Fsp3) is 0.188. The van der Waals surface area contributed by atoms with Crippen molar-refractivity contribution in [2.45, 2.75) is 17.4 Å². The van der Waals surface area contributed by atoms with Crippen molar-refractivity contribution in [1.29, 1.82) is 0 Å². The lowest BCUT2D eigenvalue weighted by atomic mass is 10.0. The van der Waals surface area contributed by atoms with Crippen molar-refractivity contribution in [2.75, 3.05) is 5.75 Å². The zero-order chi connectivity index (χ0) is 17.3. The van der Waals surface area contributed by atoms with Gasteiger partial charge in [0.25, 0.3) is 11.6 Å². The smallest absolute Gasteiger partial charge is 0.270 e. The van der Waals surface area contributed by atoms with Crippen LogP contribution in [0.25, 0.3) is 0 Å². The van der Waals surface area contributed by atoms with E-state index in [1.165, 1.54) is 24.3 Å². The Morgan fingerprint density at radius 3 is 2.88 bits per heavy atom. The molecule has 1 aliphatic rings. The molecule has 1 aliphatic heterocycles. The van der Waals surface area contributed by atoms with Gasteiger partial charge in [-0.15, -0.1) is 11.8 Å². The van der Waals surface area contributed by atoms with Crippen LogP contribution in [0.15, 0.2) is 41.3 Å². The van der Waals surface area contributed by atoms with Crippen molar-refractivity contribution in [3.8, 4) is 0 Å². The van der Waals surface area contributed by atoms with E-state index in [4.69, 9.17) is 11.6 Å². The van der Waals surface area contributed by atoms with Gasteiger partial charge in [0.15, 0.2) is 0 Å². The Morgan fingerprint density at radius 1 is 1.33 bits per heavy atom. The van der Waals surface area contributed by atoms with Gasteiger partial charge in [0, 0.05) is 22.8 Å². The van der Waals surface area contributed by atoms with E-state index < -0.39 is 10.8 Å². The highest BCUT2D eigenvalue weighted by atomic mass is 35.5. The summed E-state index contributed by atoms with van der Waals surface area (Å²) < 4.78 is 13.5. The van der Waals surface area contributed by atoms with Crippen molar-refractivity contribution in [3.63, 3.8) is 0 Å². The summed E-state index contributed by atoms with van der Waals surface area (Å²) in [4.78, 5) is 23.7. The van der Waals surface area contributed by atoms with Gasteiger partial charge in [0.1, 0.15) is 5.82 Å². The molecule has 0 spiro atoms. The van der Waals surface area contributed by atoms with Crippen molar-refractivity contribution < 1.29 is 14.1 Å². The van der Waals surface area contributed by atoms with Gasteiger partial charge < -0.3 is 5.32 Å². The average molecular weight is 367 g/mol. The lowest BCUT2D eigenvalue weighted by Gasteiger charge is -2.26. The standard InChI is InChI=1S/C16H12ClFN2O3S/c17-13-3-2-10(20(22)23)8-11(13)16(21)19-14-5-6-24-15-4-1-9(18)7-12(14)15/h1-4,7-8,14H,5-6H2,(H,19,21). The van der Waals surface area contributed by atoms with Gasteiger partial charge >= 0.3 is 0 Å². The number of fused-ring (bicyclic) bond motifs is 1. The SMILES string of the molecule is O=C(NC1CCSc2ccc(F)cc21)c1cc([N+](=O)[O-])ccc1Cl. The van der Waals surface area contributed by atoms with Crippen LogP contribution in [0.1, 0.15) is 28.4 Å². The quantitative estimate of drug-likeness (QED) is 0.647. The predicted molar refractivity (Wildman–Crippen MR) is 90.1 cm³/mol. The Labute approximate surface area is 146 Å². The number of carbonyl (C=O) groups excluding carboxylic acids is 1. The molecule has 1 heterocycles. The topological polar surface area (TPSA) is 72.2 Å². The minimum absolute atomic E-state index is 0.0297. The zero-order valence-electron chi connectivity index (χ0n) is 12.3. The van der Waals surface area contributed by atoms with Crippen LogP contribution in [0.4, 0.5) is 10.1 Å². The van der Waals surface area contributed by atoms with Crippen LogP contribution in [-0.2, 0) is 0 Å². The maximum atomic E-state index is 13.5. The molecule has 2 aromatic carbocycles. The van der Waals surface area contributed by atoms with Gasteiger partial charge in [-0.25, -0.2) is 4.39 Å².